The molecule has 26 heavy (non-hydrogen) atoms. The molecular weight excluding hydrogens is 363 g/mol. The van der Waals surface area contributed by atoms with Crippen LogP contribution in [0.15, 0.2) is 0 Å². The van der Waals surface area contributed by atoms with Crippen molar-refractivity contribution in [2.75, 3.05) is 26.2 Å². The zero-order chi connectivity index (χ0) is 19.8. The SMILES string of the molecule is CCN(C1(CN)CC1)S(=O)(=O)N1C[C@H](CCCB(O)O)[C@](N)(C(=O)O)C1. The molecule has 1 aliphatic heterocycles. The van der Waals surface area contributed by atoms with E-state index >= 15 is 0 Å². The number of carboxylic acid groups (broad SMARTS) is 1. The summed E-state index contributed by atoms with van der Waals surface area (Å²) in [6, 6.07) is 0. The van der Waals surface area contributed by atoms with Gasteiger partial charge in [0.1, 0.15) is 5.54 Å². The lowest BCUT2D eigenvalue weighted by Gasteiger charge is -2.33. The van der Waals surface area contributed by atoms with E-state index in [4.69, 9.17) is 21.5 Å². The highest BCUT2D eigenvalue weighted by atomic mass is 32.2. The van der Waals surface area contributed by atoms with Gasteiger partial charge in [-0.15, -0.1) is 0 Å². The molecule has 1 heterocycles. The first-order valence-corrected chi connectivity index (χ1v) is 10.3. The van der Waals surface area contributed by atoms with Crippen molar-refractivity contribution in [1.29, 1.82) is 0 Å². The maximum atomic E-state index is 13.1. The van der Waals surface area contributed by atoms with Crippen LogP contribution in [-0.2, 0) is 15.0 Å². The van der Waals surface area contributed by atoms with E-state index in [0.717, 1.165) is 4.31 Å². The van der Waals surface area contributed by atoms with Crippen LogP contribution in [-0.4, -0.2) is 82.5 Å². The Balaban J connectivity index is 2.20. The number of likely N-dealkylation sites (N-methyl/N-ethyl adjacent to an activating group) is 1. The van der Waals surface area contributed by atoms with Crippen molar-refractivity contribution < 1.29 is 28.4 Å². The lowest BCUT2D eigenvalue weighted by molar-refractivity contribution is -0.144. The fraction of sp³-hybridized carbons (Fsp3) is 0.929. The van der Waals surface area contributed by atoms with Gasteiger partial charge in [-0.3, -0.25) is 4.79 Å². The quantitative estimate of drug-likeness (QED) is 0.266. The van der Waals surface area contributed by atoms with Gasteiger partial charge in [-0.1, -0.05) is 13.3 Å². The lowest BCUT2D eigenvalue weighted by Crippen LogP contribution is -2.56. The maximum Gasteiger partial charge on any atom is 0.451 e. The van der Waals surface area contributed by atoms with E-state index in [1.807, 2.05) is 0 Å². The van der Waals surface area contributed by atoms with Gasteiger partial charge in [0.25, 0.3) is 10.2 Å². The lowest BCUT2D eigenvalue weighted by atomic mass is 9.78. The Morgan fingerprint density at radius 2 is 2.00 bits per heavy atom. The van der Waals surface area contributed by atoms with E-state index in [-0.39, 0.29) is 32.5 Å². The zero-order valence-electron chi connectivity index (χ0n) is 15.0. The standard InChI is InChI=1S/C14H29BN4O6S/c1-2-19(13(9-16)5-6-13)26(24,25)18-8-11(4-3-7-15(22)23)14(17,10-18)12(20)21/h11,22-23H,2-10,16-17H2,1H3,(H,20,21)/t11-,14-/m0/s1. The summed E-state index contributed by atoms with van der Waals surface area (Å²) in [7, 11) is -5.38. The summed E-state index contributed by atoms with van der Waals surface area (Å²) in [5, 5.41) is 27.5. The van der Waals surface area contributed by atoms with Crippen LogP contribution >= 0.6 is 0 Å². The van der Waals surface area contributed by atoms with Gasteiger partial charge in [0, 0.05) is 37.6 Å². The molecule has 0 amide bonds. The van der Waals surface area contributed by atoms with Crippen LogP contribution in [0.4, 0.5) is 0 Å². The largest absolute Gasteiger partial charge is 0.480 e. The topological polar surface area (TPSA) is 170 Å². The number of hydrogen-bond donors (Lipinski definition) is 5. The van der Waals surface area contributed by atoms with Gasteiger partial charge in [-0.05, 0) is 25.6 Å². The minimum Gasteiger partial charge on any atom is -0.480 e. The second kappa shape index (κ2) is 7.70. The normalized spacial score (nSPS) is 28.5. The van der Waals surface area contributed by atoms with E-state index < -0.39 is 40.3 Å². The molecule has 12 heteroatoms. The van der Waals surface area contributed by atoms with E-state index in [0.29, 0.717) is 25.7 Å². The van der Waals surface area contributed by atoms with E-state index in [9.17, 15) is 18.3 Å². The predicted octanol–water partition coefficient (Wildman–Crippen LogP) is -1.99. The van der Waals surface area contributed by atoms with Crippen molar-refractivity contribution in [2.24, 2.45) is 17.4 Å². The third-order valence-electron chi connectivity index (χ3n) is 5.63. The number of carbonyl (C=O) groups is 1. The molecule has 0 spiro atoms. The molecule has 0 aromatic heterocycles. The van der Waals surface area contributed by atoms with E-state index in [2.05, 4.69) is 0 Å². The molecule has 1 aliphatic carbocycles. The number of aliphatic carboxylic acids is 1. The first-order valence-electron chi connectivity index (χ1n) is 8.90. The fourth-order valence-corrected chi connectivity index (χ4v) is 5.89. The number of rotatable bonds is 10. The van der Waals surface area contributed by atoms with Crippen LogP contribution in [0, 0.1) is 5.92 Å². The number of hydrogen-bond acceptors (Lipinski definition) is 7. The molecule has 0 aromatic rings. The van der Waals surface area contributed by atoms with Crippen molar-refractivity contribution in [3.63, 3.8) is 0 Å². The van der Waals surface area contributed by atoms with Crippen molar-refractivity contribution in [2.45, 2.75) is 50.0 Å². The molecule has 10 nitrogen and oxygen atoms in total. The summed E-state index contributed by atoms with van der Waals surface area (Å²) in [6.07, 6.45) is 2.09. The monoisotopic (exact) mass is 392 g/mol. The second-order valence-electron chi connectivity index (χ2n) is 7.35. The third-order valence-corrected chi connectivity index (χ3v) is 7.77. The second-order valence-corrected chi connectivity index (χ2v) is 9.20. The minimum atomic E-state index is -3.89. The molecule has 2 atom stereocenters. The molecule has 7 N–H and O–H groups in total. The summed E-state index contributed by atoms with van der Waals surface area (Å²) in [4.78, 5) is 11.7. The van der Waals surface area contributed by atoms with E-state index in [1.54, 1.807) is 6.92 Å². The zero-order valence-corrected chi connectivity index (χ0v) is 15.9. The Morgan fingerprint density at radius 1 is 1.38 bits per heavy atom. The van der Waals surface area contributed by atoms with Crippen molar-refractivity contribution in [3.05, 3.63) is 0 Å². The van der Waals surface area contributed by atoms with Gasteiger partial charge in [0.2, 0.25) is 0 Å². The third kappa shape index (κ3) is 3.91. The average Bonchev–Trinajstić information content (AvgIpc) is 3.25. The molecule has 2 aliphatic rings. The molecule has 1 saturated carbocycles. The van der Waals surface area contributed by atoms with Gasteiger partial charge >= 0.3 is 13.1 Å². The Bertz CT molecular complexity index is 629. The Labute approximate surface area is 154 Å². The van der Waals surface area contributed by atoms with Crippen LogP contribution in [0.25, 0.3) is 0 Å². The smallest absolute Gasteiger partial charge is 0.451 e. The summed E-state index contributed by atoms with van der Waals surface area (Å²) in [5.41, 5.74) is 9.57. The minimum absolute atomic E-state index is 0.0101. The highest BCUT2D eigenvalue weighted by Crippen LogP contribution is 2.44. The molecule has 0 bridgehead atoms. The van der Waals surface area contributed by atoms with Crippen LogP contribution < -0.4 is 11.5 Å². The van der Waals surface area contributed by atoms with Crippen LogP contribution in [0.3, 0.4) is 0 Å². The molecule has 1 saturated heterocycles. The number of nitrogens with two attached hydrogens (primary N) is 2. The first kappa shape index (κ1) is 21.5. The summed E-state index contributed by atoms with van der Waals surface area (Å²) < 4.78 is 28.7. The molecule has 0 aromatic carbocycles. The highest BCUT2D eigenvalue weighted by Gasteiger charge is 2.57. The van der Waals surface area contributed by atoms with Crippen LogP contribution in [0.1, 0.15) is 32.6 Å². The van der Waals surface area contributed by atoms with Gasteiger partial charge in [-0.2, -0.15) is 17.0 Å². The Hall–Kier alpha value is -0.755. The number of nitrogens with zero attached hydrogens (tertiary/aromatic N) is 2. The van der Waals surface area contributed by atoms with Crippen molar-refractivity contribution in [3.8, 4) is 0 Å². The summed E-state index contributed by atoms with van der Waals surface area (Å²) in [5.74, 6) is -1.87. The average molecular weight is 392 g/mol. The van der Waals surface area contributed by atoms with Gasteiger partial charge in [0.05, 0.1) is 0 Å². The van der Waals surface area contributed by atoms with Crippen molar-refractivity contribution >= 4 is 23.3 Å². The van der Waals surface area contributed by atoms with Gasteiger partial charge < -0.3 is 26.6 Å². The maximum absolute atomic E-state index is 13.1. The summed E-state index contributed by atoms with van der Waals surface area (Å²) >= 11 is 0. The van der Waals surface area contributed by atoms with Crippen LogP contribution in [0.2, 0.25) is 6.32 Å². The van der Waals surface area contributed by atoms with Gasteiger partial charge in [0.15, 0.2) is 0 Å². The summed E-state index contributed by atoms with van der Waals surface area (Å²) in [6.45, 7) is 1.88. The fourth-order valence-electron chi connectivity index (χ4n) is 3.79. The van der Waals surface area contributed by atoms with Crippen LogP contribution in [0.5, 0.6) is 0 Å². The molecule has 2 fully saturated rings. The molecular formula is C14H29BN4O6S. The predicted molar refractivity (Wildman–Crippen MR) is 96.2 cm³/mol. The molecule has 2 rings (SSSR count). The molecule has 0 radical (unpaired) electrons. The Morgan fingerprint density at radius 3 is 2.42 bits per heavy atom. The van der Waals surface area contributed by atoms with E-state index in [1.165, 1.54) is 4.31 Å². The number of carboxylic acids is 1. The molecule has 150 valence electrons. The van der Waals surface area contributed by atoms with Crippen molar-refractivity contribution in [1.82, 2.24) is 8.61 Å². The highest BCUT2D eigenvalue weighted by molar-refractivity contribution is 7.86. The van der Waals surface area contributed by atoms with Gasteiger partial charge in [-0.25, -0.2) is 0 Å². The Kier molecular flexibility index (Phi) is 6.38. The molecule has 0 unspecified atom stereocenters. The first-order chi connectivity index (χ1) is 12.0.